The molecule has 5 heteroatoms. The highest BCUT2D eigenvalue weighted by atomic mass is 35.5. The van der Waals surface area contributed by atoms with E-state index in [9.17, 15) is 9.59 Å². The maximum Gasteiger partial charge on any atom is 0.303 e. The number of carbonyl (C=O) groups is 2. The van der Waals surface area contributed by atoms with Crippen LogP contribution in [0.25, 0.3) is 0 Å². The van der Waals surface area contributed by atoms with Crippen LogP contribution in [-0.2, 0) is 4.79 Å². The second-order valence-corrected chi connectivity index (χ2v) is 5.15. The topological polar surface area (TPSA) is 54.4 Å². The monoisotopic (exact) mass is 246 g/mol. The fourth-order valence-electron chi connectivity index (χ4n) is 1.25. The van der Waals surface area contributed by atoms with Crippen LogP contribution in [0.2, 0.25) is 4.34 Å². The van der Waals surface area contributed by atoms with Crippen molar-refractivity contribution >= 4 is 34.7 Å². The summed E-state index contributed by atoms with van der Waals surface area (Å²) in [6.07, 6.45) is 0.272. The van der Waals surface area contributed by atoms with Gasteiger partial charge in [-0.25, -0.2) is 0 Å². The van der Waals surface area contributed by atoms with Crippen LogP contribution in [0, 0.1) is 5.92 Å². The molecule has 1 atom stereocenters. The van der Waals surface area contributed by atoms with Gasteiger partial charge in [0.15, 0.2) is 5.78 Å². The van der Waals surface area contributed by atoms with E-state index in [2.05, 4.69) is 0 Å². The molecule has 0 fully saturated rings. The zero-order valence-electron chi connectivity index (χ0n) is 8.20. The van der Waals surface area contributed by atoms with Crippen molar-refractivity contribution in [2.75, 3.05) is 0 Å². The summed E-state index contributed by atoms with van der Waals surface area (Å²) in [6.45, 7) is 1.75. The zero-order valence-corrected chi connectivity index (χ0v) is 9.77. The molecule has 82 valence electrons. The van der Waals surface area contributed by atoms with E-state index in [-0.39, 0.29) is 24.5 Å². The Morgan fingerprint density at radius 2 is 2.13 bits per heavy atom. The first-order chi connectivity index (χ1) is 6.99. The third-order valence-electron chi connectivity index (χ3n) is 1.90. The molecule has 0 aliphatic carbocycles. The minimum atomic E-state index is -0.875. The van der Waals surface area contributed by atoms with E-state index in [1.807, 2.05) is 0 Å². The summed E-state index contributed by atoms with van der Waals surface area (Å²) in [7, 11) is 0. The van der Waals surface area contributed by atoms with Crippen molar-refractivity contribution in [1.82, 2.24) is 0 Å². The summed E-state index contributed by atoms with van der Waals surface area (Å²) in [4.78, 5) is 22.6. The first kappa shape index (κ1) is 12.2. The molecule has 1 aromatic heterocycles. The van der Waals surface area contributed by atoms with Crippen LogP contribution in [0.3, 0.4) is 0 Å². The fraction of sp³-hybridized carbons (Fsp3) is 0.400. The molecule has 0 bridgehead atoms. The van der Waals surface area contributed by atoms with Gasteiger partial charge in [0, 0.05) is 12.8 Å². The summed E-state index contributed by atoms with van der Waals surface area (Å²) in [5.41, 5.74) is 0. The second-order valence-electron chi connectivity index (χ2n) is 3.43. The number of carbonyl (C=O) groups excluding carboxylic acids is 1. The number of thiophene rings is 1. The number of carboxylic acid groups (broad SMARTS) is 1. The number of rotatable bonds is 5. The van der Waals surface area contributed by atoms with Crippen molar-refractivity contribution in [3.63, 3.8) is 0 Å². The van der Waals surface area contributed by atoms with Crippen molar-refractivity contribution in [3.05, 3.63) is 21.3 Å². The highest BCUT2D eigenvalue weighted by Crippen LogP contribution is 2.24. The largest absolute Gasteiger partial charge is 0.481 e. The van der Waals surface area contributed by atoms with Gasteiger partial charge in [-0.2, -0.15) is 0 Å². The van der Waals surface area contributed by atoms with Gasteiger partial charge in [0.25, 0.3) is 0 Å². The first-order valence-corrected chi connectivity index (χ1v) is 5.69. The molecule has 0 aliphatic heterocycles. The number of hydrogen-bond acceptors (Lipinski definition) is 3. The van der Waals surface area contributed by atoms with Gasteiger partial charge in [-0.15, -0.1) is 11.3 Å². The molecule has 0 aliphatic rings. The SMILES string of the molecule is C[C@H](CC(=O)O)CC(=O)c1ccc(Cl)s1. The minimum Gasteiger partial charge on any atom is -0.481 e. The molecular weight excluding hydrogens is 236 g/mol. The fourth-order valence-corrected chi connectivity index (χ4v) is 2.24. The van der Waals surface area contributed by atoms with Gasteiger partial charge >= 0.3 is 5.97 Å². The van der Waals surface area contributed by atoms with Crippen LogP contribution in [0.1, 0.15) is 29.4 Å². The quantitative estimate of drug-likeness (QED) is 0.813. The molecule has 1 rings (SSSR count). The molecule has 1 aromatic rings. The van der Waals surface area contributed by atoms with Gasteiger partial charge in [-0.05, 0) is 18.1 Å². The molecule has 0 saturated heterocycles. The Morgan fingerprint density at radius 1 is 1.47 bits per heavy atom. The lowest BCUT2D eigenvalue weighted by Gasteiger charge is -2.05. The molecule has 0 saturated carbocycles. The van der Waals surface area contributed by atoms with E-state index < -0.39 is 5.97 Å². The van der Waals surface area contributed by atoms with Crippen LogP contribution < -0.4 is 0 Å². The Balaban J connectivity index is 2.52. The van der Waals surface area contributed by atoms with Gasteiger partial charge in [0.05, 0.1) is 9.21 Å². The van der Waals surface area contributed by atoms with Crippen LogP contribution in [0.5, 0.6) is 0 Å². The number of hydrogen-bond donors (Lipinski definition) is 1. The van der Waals surface area contributed by atoms with E-state index in [0.29, 0.717) is 9.21 Å². The van der Waals surface area contributed by atoms with Gasteiger partial charge in [0.2, 0.25) is 0 Å². The third kappa shape index (κ3) is 4.01. The Hall–Kier alpha value is -0.870. The van der Waals surface area contributed by atoms with Crippen molar-refractivity contribution in [2.24, 2.45) is 5.92 Å². The second kappa shape index (κ2) is 5.28. The average Bonchev–Trinajstić information content (AvgIpc) is 2.49. The van der Waals surface area contributed by atoms with Gasteiger partial charge in [0.1, 0.15) is 0 Å². The van der Waals surface area contributed by atoms with E-state index in [1.54, 1.807) is 19.1 Å². The molecule has 1 N–H and O–H groups in total. The number of carboxylic acids is 1. The van der Waals surface area contributed by atoms with E-state index in [4.69, 9.17) is 16.7 Å². The molecule has 0 radical (unpaired) electrons. The van der Waals surface area contributed by atoms with E-state index in [1.165, 1.54) is 11.3 Å². The first-order valence-electron chi connectivity index (χ1n) is 4.49. The molecule has 0 aromatic carbocycles. The molecule has 15 heavy (non-hydrogen) atoms. The maximum absolute atomic E-state index is 11.6. The summed E-state index contributed by atoms with van der Waals surface area (Å²) < 4.78 is 0.573. The summed E-state index contributed by atoms with van der Waals surface area (Å²) in [5, 5.41) is 8.54. The lowest BCUT2D eigenvalue weighted by molar-refractivity contribution is -0.137. The molecule has 1 heterocycles. The van der Waals surface area contributed by atoms with Crippen LogP contribution in [-0.4, -0.2) is 16.9 Å². The smallest absolute Gasteiger partial charge is 0.303 e. The molecule has 0 unspecified atom stereocenters. The average molecular weight is 247 g/mol. The number of aliphatic carboxylic acids is 1. The summed E-state index contributed by atoms with van der Waals surface area (Å²) in [6, 6.07) is 3.34. The number of ketones is 1. The minimum absolute atomic E-state index is 0.0187. The molecular formula is C10H11ClO3S. The Kier molecular flexibility index (Phi) is 4.29. The standard InChI is InChI=1S/C10H11ClO3S/c1-6(5-10(13)14)4-7(12)8-2-3-9(11)15-8/h2-3,6H,4-5H2,1H3,(H,13,14)/t6-/m0/s1. The van der Waals surface area contributed by atoms with Gasteiger partial charge < -0.3 is 5.11 Å². The van der Waals surface area contributed by atoms with Crippen molar-refractivity contribution in [2.45, 2.75) is 19.8 Å². The van der Waals surface area contributed by atoms with Crippen LogP contribution in [0.4, 0.5) is 0 Å². The van der Waals surface area contributed by atoms with E-state index in [0.717, 1.165) is 0 Å². The van der Waals surface area contributed by atoms with Crippen molar-refractivity contribution in [3.8, 4) is 0 Å². The number of Topliss-reactive ketones (excluding diaryl/α,β-unsaturated/α-hetero) is 1. The van der Waals surface area contributed by atoms with Gasteiger partial charge in [-0.3, -0.25) is 9.59 Å². The Labute approximate surface area is 96.7 Å². The van der Waals surface area contributed by atoms with Crippen molar-refractivity contribution in [1.29, 1.82) is 0 Å². The zero-order chi connectivity index (χ0) is 11.4. The van der Waals surface area contributed by atoms with Crippen LogP contribution >= 0.6 is 22.9 Å². The predicted octanol–water partition coefficient (Wildman–Crippen LogP) is 3.09. The van der Waals surface area contributed by atoms with Gasteiger partial charge in [-0.1, -0.05) is 18.5 Å². The number of halogens is 1. The third-order valence-corrected chi connectivity index (χ3v) is 3.18. The lowest BCUT2D eigenvalue weighted by atomic mass is 10.0. The molecule has 3 nitrogen and oxygen atoms in total. The highest BCUT2D eigenvalue weighted by molar-refractivity contribution is 7.18. The predicted molar refractivity (Wildman–Crippen MR) is 59.7 cm³/mol. The Bertz CT molecular complexity index is 372. The highest BCUT2D eigenvalue weighted by Gasteiger charge is 2.15. The normalized spacial score (nSPS) is 12.4. The molecule has 0 spiro atoms. The van der Waals surface area contributed by atoms with Crippen LogP contribution in [0.15, 0.2) is 12.1 Å². The van der Waals surface area contributed by atoms with E-state index >= 15 is 0 Å². The molecule has 0 amide bonds. The maximum atomic E-state index is 11.6. The summed E-state index contributed by atoms with van der Waals surface area (Å²) >= 11 is 6.92. The summed E-state index contributed by atoms with van der Waals surface area (Å²) in [5.74, 6) is -1.06. The van der Waals surface area contributed by atoms with Crippen molar-refractivity contribution < 1.29 is 14.7 Å². The Morgan fingerprint density at radius 3 is 2.60 bits per heavy atom. The lowest BCUT2D eigenvalue weighted by Crippen LogP contribution is -2.09.